The van der Waals surface area contributed by atoms with E-state index in [0.29, 0.717) is 18.9 Å². The minimum atomic E-state index is -0.176. The van der Waals surface area contributed by atoms with Crippen LogP contribution in [0.5, 0.6) is 0 Å². The first-order chi connectivity index (χ1) is 7.56. The average molecular weight is 222 g/mol. The average Bonchev–Trinajstić information content (AvgIpc) is 2.17. The van der Waals surface area contributed by atoms with Crippen molar-refractivity contribution in [1.82, 2.24) is 9.97 Å². The van der Waals surface area contributed by atoms with E-state index in [1.165, 1.54) is 0 Å². The third-order valence-electron chi connectivity index (χ3n) is 2.37. The SMILES string of the molecule is CCC(CN)C(=O)Nc1nc(C)cc(C)n1. The van der Waals surface area contributed by atoms with Crippen LogP contribution in [-0.2, 0) is 4.79 Å². The summed E-state index contributed by atoms with van der Waals surface area (Å²) in [6.07, 6.45) is 0.715. The van der Waals surface area contributed by atoms with Crippen molar-refractivity contribution in [2.45, 2.75) is 27.2 Å². The number of anilines is 1. The summed E-state index contributed by atoms with van der Waals surface area (Å²) in [7, 11) is 0. The van der Waals surface area contributed by atoms with Gasteiger partial charge in [-0.05, 0) is 26.3 Å². The number of nitrogens with one attached hydrogen (secondary N) is 1. The van der Waals surface area contributed by atoms with E-state index in [4.69, 9.17) is 5.73 Å². The van der Waals surface area contributed by atoms with Crippen LogP contribution >= 0.6 is 0 Å². The van der Waals surface area contributed by atoms with Crippen LogP contribution in [0.2, 0.25) is 0 Å². The highest BCUT2D eigenvalue weighted by Crippen LogP contribution is 2.07. The van der Waals surface area contributed by atoms with Crippen molar-refractivity contribution in [3.05, 3.63) is 17.5 Å². The molecule has 0 aliphatic heterocycles. The summed E-state index contributed by atoms with van der Waals surface area (Å²) in [5.74, 6) is 0.0637. The molecular weight excluding hydrogens is 204 g/mol. The Bertz CT molecular complexity index is 354. The first kappa shape index (κ1) is 12.6. The molecule has 88 valence electrons. The molecule has 1 aromatic heterocycles. The Labute approximate surface area is 95.5 Å². The van der Waals surface area contributed by atoms with Gasteiger partial charge >= 0.3 is 0 Å². The molecule has 0 aliphatic rings. The van der Waals surface area contributed by atoms with Gasteiger partial charge in [-0.1, -0.05) is 6.92 Å². The van der Waals surface area contributed by atoms with Gasteiger partial charge in [0.05, 0.1) is 5.92 Å². The van der Waals surface area contributed by atoms with Gasteiger partial charge in [0.1, 0.15) is 0 Å². The van der Waals surface area contributed by atoms with Crippen molar-refractivity contribution in [2.24, 2.45) is 11.7 Å². The van der Waals surface area contributed by atoms with Crippen LogP contribution in [0, 0.1) is 19.8 Å². The van der Waals surface area contributed by atoms with Gasteiger partial charge in [0, 0.05) is 17.9 Å². The van der Waals surface area contributed by atoms with Crippen molar-refractivity contribution >= 4 is 11.9 Å². The second kappa shape index (κ2) is 5.55. The molecule has 16 heavy (non-hydrogen) atoms. The van der Waals surface area contributed by atoms with E-state index < -0.39 is 0 Å². The third-order valence-corrected chi connectivity index (χ3v) is 2.37. The summed E-state index contributed by atoms with van der Waals surface area (Å²) in [5, 5.41) is 2.68. The Morgan fingerprint density at radius 1 is 1.44 bits per heavy atom. The molecule has 0 saturated carbocycles. The maximum absolute atomic E-state index is 11.7. The summed E-state index contributed by atoms with van der Waals surface area (Å²) < 4.78 is 0. The standard InChI is InChI=1S/C11H18N4O/c1-4-9(6-12)10(16)15-11-13-7(2)5-8(3)14-11/h5,9H,4,6,12H2,1-3H3,(H,13,14,15,16). The molecule has 1 rings (SSSR count). The van der Waals surface area contributed by atoms with Crippen LogP contribution in [0.25, 0.3) is 0 Å². The topological polar surface area (TPSA) is 80.9 Å². The normalized spacial score (nSPS) is 12.2. The Morgan fingerprint density at radius 3 is 2.44 bits per heavy atom. The molecule has 0 aliphatic carbocycles. The van der Waals surface area contributed by atoms with E-state index in [1.807, 2.05) is 26.8 Å². The van der Waals surface area contributed by atoms with Crippen LogP contribution in [0.1, 0.15) is 24.7 Å². The van der Waals surface area contributed by atoms with Crippen LogP contribution < -0.4 is 11.1 Å². The number of rotatable bonds is 4. The Hall–Kier alpha value is -1.49. The molecule has 5 nitrogen and oxygen atoms in total. The van der Waals surface area contributed by atoms with E-state index in [0.717, 1.165) is 11.4 Å². The molecule has 1 amide bonds. The van der Waals surface area contributed by atoms with Gasteiger partial charge in [-0.25, -0.2) is 9.97 Å². The van der Waals surface area contributed by atoms with Gasteiger partial charge < -0.3 is 5.73 Å². The number of hydrogen-bond acceptors (Lipinski definition) is 4. The molecule has 5 heteroatoms. The highest BCUT2D eigenvalue weighted by molar-refractivity contribution is 5.91. The van der Waals surface area contributed by atoms with Gasteiger partial charge in [-0.15, -0.1) is 0 Å². The number of aromatic nitrogens is 2. The number of amides is 1. The molecule has 0 radical (unpaired) electrons. The lowest BCUT2D eigenvalue weighted by molar-refractivity contribution is -0.119. The van der Waals surface area contributed by atoms with Crippen molar-refractivity contribution in [1.29, 1.82) is 0 Å². The number of carbonyl (C=O) groups is 1. The first-order valence-electron chi connectivity index (χ1n) is 5.40. The number of hydrogen-bond donors (Lipinski definition) is 2. The molecule has 1 heterocycles. The second-order valence-electron chi connectivity index (χ2n) is 3.80. The molecule has 1 atom stereocenters. The van der Waals surface area contributed by atoms with Crippen molar-refractivity contribution in [2.75, 3.05) is 11.9 Å². The van der Waals surface area contributed by atoms with E-state index in [1.54, 1.807) is 0 Å². The Kier molecular flexibility index (Phi) is 4.37. The molecule has 0 fully saturated rings. The molecule has 1 aromatic rings. The van der Waals surface area contributed by atoms with Crippen LogP contribution in [0.3, 0.4) is 0 Å². The van der Waals surface area contributed by atoms with Crippen LogP contribution in [-0.4, -0.2) is 22.4 Å². The maximum Gasteiger partial charge on any atom is 0.231 e. The summed E-state index contributed by atoms with van der Waals surface area (Å²) in [5.41, 5.74) is 7.17. The van der Waals surface area contributed by atoms with Crippen LogP contribution in [0.15, 0.2) is 6.07 Å². The fraction of sp³-hybridized carbons (Fsp3) is 0.545. The quantitative estimate of drug-likeness (QED) is 0.796. The zero-order valence-electron chi connectivity index (χ0n) is 9.95. The monoisotopic (exact) mass is 222 g/mol. The molecule has 0 saturated heterocycles. The lowest BCUT2D eigenvalue weighted by atomic mass is 10.1. The van der Waals surface area contributed by atoms with E-state index in [9.17, 15) is 4.79 Å². The van der Waals surface area contributed by atoms with Crippen molar-refractivity contribution in [3.63, 3.8) is 0 Å². The minimum absolute atomic E-state index is 0.116. The lowest BCUT2D eigenvalue weighted by Crippen LogP contribution is -2.29. The summed E-state index contributed by atoms with van der Waals surface area (Å²) in [6.45, 7) is 6.00. The maximum atomic E-state index is 11.7. The van der Waals surface area contributed by atoms with Gasteiger partial charge in [0.2, 0.25) is 11.9 Å². The Morgan fingerprint density at radius 2 is 2.00 bits per heavy atom. The van der Waals surface area contributed by atoms with E-state index >= 15 is 0 Å². The second-order valence-corrected chi connectivity index (χ2v) is 3.80. The summed E-state index contributed by atoms with van der Waals surface area (Å²) in [6, 6.07) is 1.86. The lowest BCUT2D eigenvalue weighted by Gasteiger charge is -2.11. The van der Waals surface area contributed by atoms with Gasteiger partial charge in [0.15, 0.2) is 0 Å². The summed E-state index contributed by atoms with van der Waals surface area (Å²) in [4.78, 5) is 20.0. The number of nitrogens with zero attached hydrogens (tertiary/aromatic N) is 2. The molecule has 0 bridgehead atoms. The van der Waals surface area contributed by atoms with Gasteiger partial charge in [-0.3, -0.25) is 10.1 Å². The van der Waals surface area contributed by atoms with Gasteiger partial charge in [0.25, 0.3) is 0 Å². The first-order valence-corrected chi connectivity index (χ1v) is 5.40. The molecular formula is C11H18N4O. The fourth-order valence-corrected chi connectivity index (χ4v) is 1.45. The predicted octanol–water partition coefficient (Wildman–Crippen LogP) is 1.02. The highest BCUT2D eigenvalue weighted by atomic mass is 16.2. The largest absolute Gasteiger partial charge is 0.330 e. The third kappa shape index (κ3) is 3.27. The Balaban J connectivity index is 2.76. The zero-order chi connectivity index (χ0) is 12.1. The minimum Gasteiger partial charge on any atom is -0.330 e. The number of carbonyl (C=O) groups excluding carboxylic acids is 1. The number of aryl methyl sites for hydroxylation is 2. The molecule has 0 spiro atoms. The van der Waals surface area contributed by atoms with Crippen molar-refractivity contribution in [3.8, 4) is 0 Å². The van der Waals surface area contributed by atoms with E-state index in [2.05, 4.69) is 15.3 Å². The van der Waals surface area contributed by atoms with Crippen LogP contribution in [0.4, 0.5) is 5.95 Å². The highest BCUT2D eigenvalue weighted by Gasteiger charge is 2.15. The number of nitrogens with two attached hydrogens (primary N) is 1. The summed E-state index contributed by atoms with van der Waals surface area (Å²) >= 11 is 0. The van der Waals surface area contributed by atoms with E-state index in [-0.39, 0.29) is 11.8 Å². The van der Waals surface area contributed by atoms with Crippen molar-refractivity contribution < 1.29 is 4.79 Å². The zero-order valence-corrected chi connectivity index (χ0v) is 9.95. The molecule has 0 aromatic carbocycles. The smallest absolute Gasteiger partial charge is 0.231 e. The fourth-order valence-electron chi connectivity index (χ4n) is 1.45. The predicted molar refractivity (Wildman–Crippen MR) is 63.0 cm³/mol. The van der Waals surface area contributed by atoms with Gasteiger partial charge in [-0.2, -0.15) is 0 Å². The molecule has 3 N–H and O–H groups in total. The molecule has 1 unspecified atom stereocenters.